The van der Waals surface area contributed by atoms with E-state index in [2.05, 4.69) is 23.8 Å². The summed E-state index contributed by atoms with van der Waals surface area (Å²) in [6.07, 6.45) is 2.59. The van der Waals surface area contributed by atoms with Gasteiger partial charge < -0.3 is 9.40 Å². The highest BCUT2D eigenvalue weighted by Gasteiger charge is 2.09. The molecule has 0 saturated carbocycles. The third-order valence-electron chi connectivity index (χ3n) is 3.95. The summed E-state index contributed by atoms with van der Waals surface area (Å²) < 4.78 is 5.33. The lowest BCUT2D eigenvalue weighted by molar-refractivity contribution is 0.559. The number of fused-ring (bicyclic) bond motifs is 1. The van der Waals surface area contributed by atoms with Crippen LogP contribution in [0.1, 0.15) is 37.1 Å². The van der Waals surface area contributed by atoms with Gasteiger partial charge in [-0.2, -0.15) is 0 Å². The van der Waals surface area contributed by atoms with Gasteiger partial charge in [-0.25, -0.2) is 9.78 Å². The number of hydrogen-bond donors (Lipinski definition) is 1. The fourth-order valence-electron chi connectivity index (χ4n) is 2.70. The third-order valence-corrected chi connectivity index (χ3v) is 4.87. The second-order valence-electron chi connectivity index (χ2n) is 5.86. The van der Waals surface area contributed by atoms with Crippen molar-refractivity contribution in [2.75, 3.05) is 0 Å². The van der Waals surface area contributed by atoms with Gasteiger partial charge in [-0.05, 0) is 30.0 Å². The number of aryl methyl sites for hydroxylation is 2. The van der Waals surface area contributed by atoms with Crippen LogP contribution < -0.4 is 11.2 Å². The number of H-pyrrole nitrogens is 1. The number of thioether (sulfide) groups is 1. The van der Waals surface area contributed by atoms with Gasteiger partial charge in [0.15, 0.2) is 5.16 Å². The zero-order valence-electron chi connectivity index (χ0n) is 14.3. The minimum Gasteiger partial charge on any atom is -0.423 e. The van der Waals surface area contributed by atoms with Crippen molar-refractivity contribution < 1.29 is 4.42 Å². The van der Waals surface area contributed by atoms with Crippen LogP contribution in [0, 0.1) is 0 Å². The summed E-state index contributed by atoms with van der Waals surface area (Å²) in [5.41, 5.74) is 2.88. The highest BCUT2D eigenvalue weighted by atomic mass is 32.2. The quantitative estimate of drug-likeness (QED) is 0.414. The minimum absolute atomic E-state index is 0.147. The summed E-state index contributed by atoms with van der Waals surface area (Å²) in [4.78, 5) is 30.8. The molecule has 130 valence electrons. The first-order chi connectivity index (χ1) is 12.1. The van der Waals surface area contributed by atoms with E-state index < -0.39 is 0 Å². The molecule has 0 aliphatic carbocycles. The Balaban J connectivity index is 1.91. The van der Waals surface area contributed by atoms with Crippen molar-refractivity contribution in [1.29, 1.82) is 0 Å². The first-order valence-electron chi connectivity index (χ1n) is 8.37. The first kappa shape index (κ1) is 17.5. The molecule has 3 aromatic rings. The molecule has 25 heavy (non-hydrogen) atoms. The smallest absolute Gasteiger partial charge is 0.336 e. The topological polar surface area (TPSA) is 76.0 Å². The van der Waals surface area contributed by atoms with Crippen molar-refractivity contribution >= 4 is 22.7 Å². The molecule has 0 spiro atoms. The monoisotopic (exact) mass is 356 g/mol. The van der Waals surface area contributed by atoms with Crippen LogP contribution >= 0.6 is 11.8 Å². The van der Waals surface area contributed by atoms with Crippen molar-refractivity contribution in [3.05, 3.63) is 67.9 Å². The van der Waals surface area contributed by atoms with E-state index in [1.54, 1.807) is 0 Å². The molecule has 0 unspecified atom stereocenters. The lowest BCUT2D eigenvalue weighted by Gasteiger charge is -2.07. The normalized spacial score (nSPS) is 11.1. The van der Waals surface area contributed by atoms with E-state index in [1.165, 1.54) is 23.9 Å². The summed E-state index contributed by atoms with van der Waals surface area (Å²) in [6.45, 7) is 4.11. The van der Waals surface area contributed by atoms with Gasteiger partial charge in [0.25, 0.3) is 5.56 Å². The van der Waals surface area contributed by atoms with E-state index in [1.807, 2.05) is 18.2 Å². The van der Waals surface area contributed by atoms with E-state index in [9.17, 15) is 9.59 Å². The number of nitrogens with one attached hydrogen (secondary N) is 1. The molecule has 0 aliphatic rings. The van der Waals surface area contributed by atoms with Crippen LogP contribution in [-0.4, -0.2) is 9.97 Å². The Kier molecular flexibility index (Phi) is 5.38. The molecule has 5 nitrogen and oxygen atoms in total. The Morgan fingerprint density at radius 2 is 2.00 bits per heavy atom. The zero-order chi connectivity index (χ0) is 17.8. The van der Waals surface area contributed by atoms with Crippen molar-refractivity contribution in [2.24, 2.45) is 0 Å². The van der Waals surface area contributed by atoms with Crippen LogP contribution in [0.4, 0.5) is 0 Å². The van der Waals surface area contributed by atoms with Crippen LogP contribution in [0.3, 0.4) is 0 Å². The van der Waals surface area contributed by atoms with Gasteiger partial charge in [0.2, 0.25) is 0 Å². The van der Waals surface area contributed by atoms with Crippen LogP contribution in [0.5, 0.6) is 0 Å². The van der Waals surface area contributed by atoms with Gasteiger partial charge in [0.05, 0.1) is 0 Å². The van der Waals surface area contributed by atoms with E-state index in [-0.39, 0.29) is 11.2 Å². The number of hydrogen-bond acceptors (Lipinski definition) is 5. The maximum atomic E-state index is 11.9. The first-order valence-corrected chi connectivity index (χ1v) is 9.36. The van der Waals surface area contributed by atoms with Crippen LogP contribution in [0.15, 0.2) is 49.5 Å². The number of aromatic nitrogens is 2. The van der Waals surface area contributed by atoms with Crippen LogP contribution in [0.25, 0.3) is 11.0 Å². The SMILES string of the molecule is CCCc1cc(=O)[nH]c(SCc2cc(=O)oc3cc(CC)ccc23)n1. The van der Waals surface area contributed by atoms with Gasteiger partial charge in [-0.1, -0.05) is 44.2 Å². The van der Waals surface area contributed by atoms with E-state index in [0.717, 1.165) is 41.5 Å². The lowest BCUT2D eigenvalue weighted by Crippen LogP contribution is -2.10. The Bertz CT molecular complexity index is 1010. The standard InChI is InChI=1S/C19H20N2O3S/c1-3-5-14-10-17(22)21-19(20-14)25-11-13-9-18(23)24-16-8-12(4-2)6-7-15(13)16/h6-10H,3-5,11H2,1-2H3,(H,20,21,22). The molecule has 0 atom stereocenters. The summed E-state index contributed by atoms with van der Waals surface area (Å²) >= 11 is 1.41. The Morgan fingerprint density at radius 1 is 1.16 bits per heavy atom. The van der Waals surface area contributed by atoms with E-state index in [4.69, 9.17) is 4.42 Å². The van der Waals surface area contributed by atoms with Crippen molar-refractivity contribution in [2.45, 2.75) is 44.0 Å². The molecule has 0 fully saturated rings. The predicted molar refractivity (Wildman–Crippen MR) is 100 cm³/mol. The molecule has 2 heterocycles. The number of rotatable bonds is 6. The molecule has 0 aliphatic heterocycles. The van der Waals surface area contributed by atoms with Gasteiger partial charge in [-0.3, -0.25) is 4.79 Å². The molecule has 6 heteroatoms. The maximum absolute atomic E-state index is 11.9. The van der Waals surface area contributed by atoms with Crippen LogP contribution in [-0.2, 0) is 18.6 Å². The average molecular weight is 356 g/mol. The molecule has 3 rings (SSSR count). The predicted octanol–water partition coefficient (Wildman–Crippen LogP) is 3.68. The lowest BCUT2D eigenvalue weighted by atomic mass is 10.1. The van der Waals surface area contributed by atoms with Gasteiger partial charge in [0.1, 0.15) is 5.58 Å². The molecule has 2 aromatic heterocycles. The Hall–Kier alpha value is -2.34. The number of aromatic amines is 1. The molecule has 0 saturated heterocycles. The largest absolute Gasteiger partial charge is 0.423 e. The van der Waals surface area contributed by atoms with Crippen molar-refractivity contribution in [3.63, 3.8) is 0 Å². The molecular formula is C19H20N2O3S. The maximum Gasteiger partial charge on any atom is 0.336 e. The van der Waals surface area contributed by atoms with Crippen molar-refractivity contribution in [3.8, 4) is 0 Å². The van der Waals surface area contributed by atoms with Crippen LogP contribution in [0.2, 0.25) is 0 Å². The fraction of sp³-hybridized carbons (Fsp3) is 0.316. The zero-order valence-corrected chi connectivity index (χ0v) is 15.1. The summed E-state index contributed by atoms with van der Waals surface area (Å²) in [6, 6.07) is 8.98. The molecule has 0 amide bonds. The second-order valence-corrected chi connectivity index (χ2v) is 6.82. The van der Waals surface area contributed by atoms with Crippen molar-refractivity contribution in [1.82, 2.24) is 9.97 Å². The summed E-state index contributed by atoms with van der Waals surface area (Å²) in [7, 11) is 0. The second kappa shape index (κ2) is 7.70. The average Bonchev–Trinajstić information content (AvgIpc) is 2.58. The Labute approximate surface area is 149 Å². The molecule has 1 N–H and O–H groups in total. The van der Waals surface area contributed by atoms with Gasteiger partial charge >= 0.3 is 5.63 Å². The third kappa shape index (κ3) is 4.20. The molecular weight excluding hydrogens is 336 g/mol. The summed E-state index contributed by atoms with van der Waals surface area (Å²) in [5, 5.41) is 1.49. The molecule has 0 bridgehead atoms. The Morgan fingerprint density at radius 3 is 2.76 bits per heavy atom. The minimum atomic E-state index is -0.363. The molecule has 0 radical (unpaired) electrons. The van der Waals surface area contributed by atoms with Gasteiger partial charge in [-0.15, -0.1) is 0 Å². The highest BCUT2D eigenvalue weighted by Crippen LogP contribution is 2.25. The number of benzene rings is 1. The highest BCUT2D eigenvalue weighted by molar-refractivity contribution is 7.98. The number of nitrogens with zero attached hydrogens (tertiary/aromatic N) is 1. The van der Waals surface area contributed by atoms with E-state index >= 15 is 0 Å². The van der Waals surface area contributed by atoms with Gasteiger partial charge in [0, 0.05) is 29.0 Å². The molecule has 1 aromatic carbocycles. The van der Waals surface area contributed by atoms with E-state index in [0.29, 0.717) is 16.5 Å². The fourth-order valence-corrected chi connectivity index (χ4v) is 3.58. The summed E-state index contributed by atoms with van der Waals surface area (Å²) in [5.74, 6) is 0.534.